The average molecular weight is 351 g/mol. The minimum atomic E-state index is -0.680. The number of rotatable bonds is 4. The fraction of sp³-hybridized carbons (Fsp3) is 0.235. The highest BCUT2D eigenvalue weighted by Crippen LogP contribution is 2.22. The quantitative estimate of drug-likeness (QED) is 0.736. The van der Waals surface area contributed by atoms with E-state index >= 15 is 0 Å². The summed E-state index contributed by atoms with van der Waals surface area (Å²) in [5, 5.41) is 0. The zero-order valence-electron chi connectivity index (χ0n) is 12.1. The Morgan fingerprint density at radius 2 is 1.86 bits per heavy atom. The Balaban J connectivity index is 2.17. The van der Waals surface area contributed by atoms with Crippen LogP contribution >= 0.6 is 15.9 Å². The molecule has 2 rings (SSSR count). The third kappa shape index (κ3) is 3.91. The van der Waals surface area contributed by atoms with Gasteiger partial charge in [-0.05, 0) is 50.1 Å². The van der Waals surface area contributed by atoms with Crippen LogP contribution in [0.3, 0.4) is 0 Å². The maximum absolute atomic E-state index is 13.3. The highest BCUT2D eigenvalue weighted by Gasteiger charge is 2.18. The average Bonchev–Trinajstić information content (AvgIpc) is 2.39. The van der Waals surface area contributed by atoms with E-state index in [-0.39, 0.29) is 5.78 Å². The van der Waals surface area contributed by atoms with Crippen LogP contribution in [-0.4, -0.2) is 11.9 Å². The van der Waals surface area contributed by atoms with Gasteiger partial charge in [0.2, 0.25) is 5.78 Å². The van der Waals surface area contributed by atoms with Gasteiger partial charge in [-0.2, -0.15) is 0 Å². The summed E-state index contributed by atoms with van der Waals surface area (Å²) in [4.78, 5) is 12.4. The van der Waals surface area contributed by atoms with Gasteiger partial charge in [0.1, 0.15) is 11.6 Å². The van der Waals surface area contributed by atoms with Crippen molar-refractivity contribution in [2.45, 2.75) is 26.9 Å². The van der Waals surface area contributed by atoms with Crippen molar-refractivity contribution in [1.29, 1.82) is 0 Å². The van der Waals surface area contributed by atoms with Gasteiger partial charge >= 0.3 is 0 Å². The van der Waals surface area contributed by atoms with Crippen molar-refractivity contribution in [2.24, 2.45) is 0 Å². The zero-order valence-corrected chi connectivity index (χ0v) is 13.7. The molecular weight excluding hydrogens is 335 g/mol. The van der Waals surface area contributed by atoms with Gasteiger partial charge in [-0.15, -0.1) is 0 Å². The number of hydrogen-bond acceptors (Lipinski definition) is 2. The molecule has 0 N–H and O–H groups in total. The molecule has 0 aliphatic rings. The number of benzene rings is 2. The van der Waals surface area contributed by atoms with Crippen molar-refractivity contribution >= 4 is 21.7 Å². The van der Waals surface area contributed by atoms with Gasteiger partial charge < -0.3 is 4.74 Å². The summed E-state index contributed by atoms with van der Waals surface area (Å²) in [7, 11) is 0. The Morgan fingerprint density at radius 1 is 1.14 bits per heavy atom. The van der Waals surface area contributed by atoms with E-state index in [2.05, 4.69) is 15.9 Å². The lowest BCUT2D eigenvalue weighted by Gasteiger charge is -2.15. The van der Waals surface area contributed by atoms with Crippen molar-refractivity contribution in [3.63, 3.8) is 0 Å². The predicted molar refractivity (Wildman–Crippen MR) is 84.4 cm³/mol. The van der Waals surface area contributed by atoms with Gasteiger partial charge in [0.25, 0.3) is 0 Å². The smallest absolute Gasteiger partial charge is 0.203 e. The standard InChI is InChI=1S/C17H16BrFO2/c1-10-4-5-13(6-11(10)2)17(20)12(3)21-16-8-14(18)7-15(19)9-16/h4-9,12H,1-3H3. The molecule has 0 spiro atoms. The molecule has 0 radical (unpaired) electrons. The van der Waals surface area contributed by atoms with Crippen LogP contribution in [0.4, 0.5) is 4.39 Å². The van der Waals surface area contributed by atoms with Crippen LogP contribution in [0.25, 0.3) is 0 Å². The third-order valence-corrected chi connectivity index (χ3v) is 3.77. The van der Waals surface area contributed by atoms with Crippen molar-refractivity contribution < 1.29 is 13.9 Å². The van der Waals surface area contributed by atoms with E-state index in [1.165, 1.54) is 12.1 Å². The van der Waals surface area contributed by atoms with Crippen LogP contribution < -0.4 is 4.74 Å². The van der Waals surface area contributed by atoms with Crippen LogP contribution in [0, 0.1) is 19.7 Å². The molecule has 0 heterocycles. The molecule has 2 aromatic carbocycles. The summed E-state index contributed by atoms with van der Waals surface area (Å²) in [6, 6.07) is 9.77. The van der Waals surface area contributed by atoms with Gasteiger partial charge in [0.05, 0.1) is 0 Å². The van der Waals surface area contributed by atoms with Gasteiger partial charge in [-0.25, -0.2) is 4.39 Å². The highest BCUT2D eigenvalue weighted by molar-refractivity contribution is 9.10. The fourth-order valence-electron chi connectivity index (χ4n) is 1.98. The first-order valence-corrected chi connectivity index (χ1v) is 7.40. The maximum Gasteiger partial charge on any atom is 0.203 e. The largest absolute Gasteiger partial charge is 0.482 e. The molecule has 4 heteroatoms. The van der Waals surface area contributed by atoms with E-state index in [9.17, 15) is 9.18 Å². The summed E-state index contributed by atoms with van der Waals surface area (Å²) < 4.78 is 19.4. The summed E-state index contributed by atoms with van der Waals surface area (Å²) in [6.45, 7) is 5.62. The van der Waals surface area contributed by atoms with E-state index in [1.807, 2.05) is 26.0 Å². The van der Waals surface area contributed by atoms with Crippen LogP contribution in [0.1, 0.15) is 28.4 Å². The van der Waals surface area contributed by atoms with Gasteiger partial charge in [0.15, 0.2) is 6.10 Å². The molecule has 1 unspecified atom stereocenters. The normalized spacial score (nSPS) is 12.0. The molecule has 0 aliphatic carbocycles. The Morgan fingerprint density at radius 3 is 2.48 bits per heavy atom. The lowest BCUT2D eigenvalue weighted by Crippen LogP contribution is -2.24. The molecule has 0 saturated carbocycles. The SMILES string of the molecule is Cc1ccc(C(=O)C(C)Oc2cc(F)cc(Br)c2)cc1C. The van der Waals surface area contributed by atoms with Crippen molar-refractivity contribution in [3.8, 4) is 5.75 Å². The monoisotopic (exact) mass is 350 g/mol. The number of carbonyl (C=O) groups excluding carboxylic acids is 1. The minimum Gasteiger partial charge on any atom is -0.482 e. The number of halogens is 2. The molecule has 2 aromatic rings. The van der Waals surface area contributed by atoms with E-state index in [1.54, 1.807) is 19.1 Å². The topological polar surface area (TPSA) is 26.3 Å². The summed E-state index contributed by atoms with van der Waals surface area (Å²) in [5.74, 6) is -0.213. The highest BCUT2D eigenvalue weighted by atomic mass is 79.9. The molecule has 0 saturated heterocycles. The second-order valence-electron chi connectivity index (χ2n) is 5.03. The Kier molecular flexibility index (Phi) is 4.78. The molecule has 0 aliphatic heterocycles. The van der Waals surface area contributed by atoms with Gasteiger partial charge in [0, 0.05) is 16.1 Å². The summed E-state index contributed by atoms with van der Waals surface area (Å²) in [5.41, 5.74) is 2.79. The molecule has 21 heavy (non-hydrogen) atoms. The number of aryl methyl sites for hydroxylation is 2. The molecule has 0 amide bonds. The lowest BCUT2D eigenvalue weighted by atomic mass is 10.0. The fourth-order valence-corrected chi connectivity index (χ4v) is 2.43. The second kappa shape index (κ2) is 6.39. The van der Waals surface area contributed by atoms with Gasteiger partial charge in [-0.1, -0.05) is 28.1 Å². The van der Waals surface area contributed by atoms with Crippen molar-refractivity contribution in [1.82, 2.24) is 0 Å². The van der Waals surface area contributed by atoms with E-state index in [0.29, 0.717) is 15.8 Å². The molecule has 1 atom stereocenters. The molecule has 0 aromatic heterocycles. The van der Waals surface area contributed by atoms with Crippen LogP contribution in [0.2, 0.25) is 0 Å². The Bertz CT molecular complexity index is 662. The third-order valence-electron chi connectivity index (χ3n) is 3.31. The van der Waals surface area contributed by atoms with E-state index in [4.69, 9.17) is 4.74 Å². The molecule has 110 valence electrons. The van der Waals surface area contributed by atoms with Crippen LogP contribution in [0.5, 0.6) is 5.75 Å². The second-order valence-corrected chi connectivity index (χ2v) is 5.94. The molecule has 0 bridgehead atoms. The molecule has 0 fully saturated rings. The first-order chi connectivity index (χ1) is 9.86. The maximum atomic E-state index is 13.3. The number of carbonyl (C=O) groups is 1. The molecule has 2 nitrogen and oxygen atoms in total. The van der Waals surface area contributed by atoms with Crippen LogP contribution in [0.15, 0.2) is 40.9 Å². The first-order valence-electron chi connectivity index (χ1n) is 6.61. The molecular formula is C17H16BrFO2. The summed E-state index contributed by atoms with van der Waals surface area (Å²) >= 11 is 3.20. The number of Topliss-reactive ketones (excluding diaryl/α,β-unsaturated/α-hetero) is 1. The summed E-state index contributed by atoms with van der Waals surface area (Å²) in [6.07, 6.45) is -0.680. The minimum absolute atomic E-state index is 0.126. The Labute approximate surface area is 132 Å². The van der Waals surface area contributed by atoms with Crippen molar-refractivity contribution in [3.05, 3.63) is 63.4 Å². The first kappa shape index (κ1) is 15.7. The number of hydrogen-bond donors (Lipinski definition) is 0. The van der Waals surface area contributed by atoms with Crippen LogP contribution in [-0.2, 0) is 0 Å². The number of ketones is 1. The Hall–Kier alpha value is -1.68. The van der Waals surface area contributed by atoms with Crippen molar-refractivity contribution in [2.75, 3.05) is 0 Å². The zero-order chi connectivity index (χ0) is 15.6. The lowest BCUT2D eigenvalue weighted by molar-refractivity contribution is 0.0817. The van der Waals surface area contributed by atoms with E-state index < -0.39 is 11.9 Å². The number of ether oxygens (including phenoxy) is 1. The van der Waals surface area contributed by atoms with Gasteiger partial charge in [-0.3, -0.25) is 4.79 Å². The predicted octanol–water partition coefficient (Wildman–Crippen LogP) is 4.86. The van der Waals surface area contributed by atoms with E-state index in [0.717, 1.165) is 11.1 Å².